The van der Waals surface area contributed by atoms with E-state index in [0.717, 1.165) is 24.5 Å². The van der Waals surface area contributed by atoms with Crippen molar-refractivity contribution in [1.82, 2.24) is 5.32 Å². The van der Waals surface area contributed by atoms with Crippen LogP contribution in [0.25, 0.3) is 0 Å². The standard InChI is InChI=1S/C16H24N2O4.ClH/c1-20-11-12-22-14-5-3-13(4-6-14)18-15(19)16(21-2)7-9-17-10-8-16;/h3-6,17H,7-12H2,1-2H3,(H,18,19);1H. The van der Waals surface area contributed by atoms with E-state index in [1.807, 2.05) is 24.3 Å². The molecule has 6 nitrogen and oxygen atoms in total. The molecule has 0 atom stereocenters. The number of halogens is 1. The van der Waals surface area contributed by atoms with Gasteiger partial charge in [0.25, 0.3) is 5.91 Å². The predicted octanol–water partition coefficient (Wildman–Crippen LogP) is 1.84. The predicted molar refractivity (Wildman–Crippen MR) is 91.5 cm³/mol. The van der Waals surface area contributed by atoms with Gasteiger partial charge in [0.2, 0.25) is 0 Å². The molecule has 0 bridgehead atoms. The molecule has 1 aliphatic rings. The van der Waals surface area contributed by atoms with Gasteiger partial charge in [-0.15, -0.1) is 12.4 Å². The summed E-state index contributed by atoms with van der Waals surface area (Å²) >= 11 is 0. The van der Waals surface area contributed by atoms with E-state index >= 15 is 0 Å². The zero-order valence-electron chi connectivity index (χ0n) is 13.6. The number of hydrogen-bond donors (Lipinski definition) is 2. The topological polar surface area (TPSA) is 68.8 Å². The van der Waals surface area contributed by atoms with Crippen molar-refractivity contribution < 1.29 is 19.0 Å². The fourth-order valence-electron chi connectivity index (χ4n) is 2.48. The number of carbonyl (C=O) groups excluding carboxylic acids is 1. The van der Waals surface area contributed by atoms with Crippen LogP contribution in [0.1, 0.15) is 12.8 Å². The molecule has 0 aliphatic carbocycles. The van der Waals surface area contributed by atoms with Crippen LogP contribution in [-0.2, 0) is 14.3 Å². The minimum atomic E-state index is -0.737. The van der Waals surface area contributed by atoms with Crippen LogP contribution >= 0.6 is 12.4 Å². The summed E-state index contributed by atoms with van der Waals surface area (Å²) in [5.41, 5.74) is -0.00199. The van der Waals surface area contributed by atoms with Crippen molar-refractivity contribution in [3.8, 4) is 5.75 Å². The minimum absolute atomic E-state index is 0. The molecule has 1 fully saturated rings. The summed E-state index contributed by atoms with van der Waals surface area (Å²) in [5, 5.41) is 6.16. The van der Waals surface area contributed by atoms with Crippen LogP contribution in [0.2, 0.25) is 0 Å². The molecular formula is C16H25ClN2O4. The van der Waals surface area contributed by atoms with Gasteiger partial charge in [-0.25, -0.2) is 0 Å². The summed E-state index contributed by atoms with van der Waals surface area (Å²) in [7, 11) is 3.23. The fraction of sp³-hybridized carbons (Fsp3) is 0.562. The Kier molecular flexibility index (Phi) is 8.33. The lowest BCUT2D eigenvalue weighted by Crippen LogP contribution is -2.51. The van der Waals surface area contributed by atoms with Gasteiger partial charge in [0.15, 0.2) is 0 Å². The summed E-state index contributed by atoms with van der Waals surface area (Å²) in [5.74, 6) is 0.655. The van der Waals surface area contributed by atoms with E-state index in [-0.39, 0.29) is 18.3 Å². The Morgan fingerprint density at radius 3 is 2.39 bits per heavy atom. The number of benzene rings is 1. The number of amides is 1. The highest BCUT2D eigenvalue weighted by atomic mass is 35.5. The van der Waals surface area contributed by atoms with Crippen LogP contribution in [0.3, 0.4) is 0 Å². The number of carbonyl (C=O) groups is 1. The normalized spacial score (nSPS) is 16.3. The molecule has 0 unspecified atom stereocenters. The van der Waals surface area contributed by atoms with Crippen LogP contribution in [0.15, 0.2) is 24.3 Å². The highest BCUT2D eigenvalue weighted by molar-refractivity contribution is 5.97. The molecule has 2 rings (SSSR count). The number of ether oxygens (including phenoxy) is 3. The van der Waals surface area contributed by atoms with Gasteiger partial charge < -0.3 is 24.8 Å². The minimum Gasteiger partial charge on any atom is -0.491 e. The Morgan fingerprint density at radius 1 is 1.17 bits per heavy atom. The lowest BCUT2D eigenvalue weighted by molar-refractivity contribution is -0.140. The molecule has 0 saturated carbocycles. The van der Waals surface area contributed by atoms with E-state index in [9.17, 15) is 4.79 Å². The van der Waals surface area contributed by atoms with Crippen molar-refractivity contribution in [3.63, 3.8) is 0 Å². The van der Waals surface area contributed by atoms with E-state index in [2.05, 4.69) is 10.6 Å². The van der Waals surface area contributed by atoms with Gasteiger partial charge in [-0.3, -0.25) is 4.79 Å². The van der Waals surface area contributed by atoms with Crippen LogP contribution < -0.4 is 15.4 Å². The maximum Gasteiger partial charge on any atom is 0.256 e. The lowest BCUT2D eigenvalue weighted by Gasteiger charge is -2.34. The monoisotopic (exact) mass is 344 g/mol. The fourth-order valence-corrected chi connectivity index (χ4v) is 2.48. The van der Waals surface area contributed by atoms with Crippen molar-refractivity contribution in [2.45, 2.75) is 18.4 Å². The van der Waals surface area contributed by atoms with E-state index < -0.39 is 5.60 Å². The van der Waals surface area contributed by atoms with Crippen molar-refractivity contribution in [1.29, 1.82) is 0 Å². The maximum absolute atomic E-state index is 12.5. The third-order valence-electron chi connectivity index (χ3n) is 3.88. The van der Waals surface area contributed by atoms with Crippen LogP contribution in [-0.4, -0.2) is 52.0 Å². The Balaban J connectivity index is 0.00000264. The molecule has 1 aliphatic heterocycles. The third-order valence-corrected chi connectivity index (χ3v) is 3.88. The molecule has 1 heterocycles. The first-order valence-corrected chi connectivity index (χ1v) is 7.49. The van der Waals surface area contributed by atoms with Crippen molar-refractivity contribution >= 4 is 24.0 Å². The number of piperidine rings is 1. The summed E-state index contributed by atoms with van der Waals surface area (Å²) in [6.45, 7) is 2.62. The summed E-state index contributed by atoms with van der Waals surface area (Å²) in [4.78, 5) is 12.5. The Labute approximate surface area is 143 Å². The van der Waals surface area contributed by atoms with Crippen molar-refractivity contribution in [3.05, 3.63) is 24.3 Å². The average Bonchev–Trinajstić information content (AvgIpc) is 2.57. The lowest BCUT2D eigenvalue weighted by atomic mass is 9.91. The molecule has 0 radical (unpaired) electrons. The molecular weight excluding hydrogens is 320 g/mol. The largest absolute Gasteiger partial charge is 0.491 e. The van der Waals surface area contributed by atoms with Crippen molar-refractivity contribution in [2.24, 2.45) is 0 Å². The number of methoxy groups -OCH3 is 2. The molecule has 1 amide bonds. The van der Waals surface area contributed by atoms with E-state index in [1.54, 1.807) is 14.2 Å². The summed E-state index contributed by atoms with van der Waals surface area (Å²) < 4.78 is 15.9. The Hall–Kier alpha value is -1.34. The molecule has 1 saturated heterocycles. The van der Waals surface area contributed by atoms with Crippen molar-refractivity contribution in [2.75, 3.05) is 45.8 Å². The van der Waals surface area contributed by atoms with E-state index in [4.69, 9.17) is 14.2 Å². The summed E-state index contributed by atoms with van der Waals surface area (Å²) in [6, 6.07) is 7.30. The smallest absolute Gasteiger partial charge is 0.256 e. The molecule has 130 valence electrons. The van der Waals surface area contributed by atoms with Gasteiger partial charge >= 0.3 is 0 Å². The molecule has 0 aromatic heterocycles. The second-order valence-corrected chi connectivity index (χ2v) is 5.27. The Bertz CT molecular complexity index is 475. The first kappa shape index (κ1) is 19.7. The molecule has 1 aromatic carbocycles. The SMILES string of the molecule is COCCOc1ccc(NC(=O)C2(OC)CCNCC2)cc1.Cl. The van der Waals surface area contributed by atoms with Gasteiger partial charge in [0.1, 0.15) is 18.0 Å². The molecule has 7 heteroatoms. The number of anilines is 1. The van der Waals surface area contributed by atoms with E-state index in [0.29, 0.717) is 26.1 Å². The van der Waals surface area contributed by atoms with E-state index in [1.165, 1.54) is 0 Å². The number of rotatable bonds is 7. The van der Waals surface area contributed by atoms with Crippen LogP contribution in [0, 0.1) is 0 Å². The molecule has 0 spiro atoms. The van der Waals surface area contributed by atoms with Crippen LogP contribution in [0.5, 0.6) is 5.75 Å². The average molecular weight is 345 g/mol. The van der Waals surface area contributed by atoms with Gasteiger partial charge in [-0.1, -0.05) is 0 Å². The Morgan fingerprint density at radius 2 is 1.83 bits per heavy atom. The zero-order chi connectivity index (χ0) is 15.8. The highest BCUT2D eigenvalue weighted by Crippen LogP contribution is 2.25. The number of nitrogens with one attached hydrogen (secondary N) is 2. The first-order valence-electron chi connectivity index (χ1n) is 7.49. The van der Waals surface area contributed by atoms with Gasteiger partial charge in [-0.05, 0) is 50.2 Å². The van der Waals surface area contributed by atoms with Gasteiger partial charge in [0.05, 0.1) is 6.61 Å². The third kappa shape index (κ3) is 5.35. The molecule has 1 aromatic rings. The maximum atomic E-state index is 12.5. The second kappa shape index (κ2) is 9.72. The second-order valence-electron chi connectivity index (χ2n) is 5.27. The highest BCUT2D eigenvalue weighted by Gasteiger charge is 2.39. The van der Waals surface area contributed by atoms with Gasteiger partial charge in [0, 0.05) is 19.9 Å². The molecule has 23 heavy (non-hydrogen) atoms. The molecule has 2 N–H and O–H groups in total. The van der Waals surface area contributed by atoms with Crippen LogP contribution in [0.4, 0.5) is 5.69 Å². The number of hydrogen-bond acceptors (Lipinski definition) is 5. The summed E-state index contributed by atoms with van der Waals surface area (Å²) in [6.07, 6.45) is 1.35. The quantitative estimate of drug-likeness (QED) is 0.739. The zero-order valence-corrected chi connectivity index (χ0v) is 14.4. The first-order chi connectivity index (χ1) is 10.7. The van der Waals surface area contributed by atoms with Gasteiger partial charge in [-0.2, -0.15) is 0 Å².